The Morgan fingerprint density at radius 1 is 1.21 bits per heavy atom. The van der Waals surface area contributed by atoms with Gasteiger partial charge in [-0.2, -0.15) is 0 Å². The molecule has 0 spiro atoms. The predicted octanol–water partition coefficient (Wildman–Crippen LogP) is 3.31. The number of pyridine rings is 1. The fourth-order valence-electron chi connectivity index (χ4n) is 1.80. The van der Waals surface area contributed by atoms with Crippen molar-refractivity contribution in [3.63, 3.8) is 0 Å². The van der Waals surface area contributed by atoms with Crippen LogP contribution in [0.2, 0.25) is 0 Å². The molecule has 4 heteroatoms. The fraction of sp³-hybridized carbons (Fsp3) is 0.267. The van der Waals surface area contributed by atoms with Crippen LogP contribution in [0.1, 0.15) is 18.1 Å². The highest BCUT2D eigenvalue weighted by atomic mass is 79.9. The number of hydrogen-bond donors (Lipinski definition) is 1. The van der Waals surface area contributed by atoms with E-state index in [9.17, 15) is 0 Å². The topological polar surface area (TPSA) is 48.1 Å². The van der Waals surface area contributed by atoms with Crippen molar-refractivity contribution in [3.8, 4) is 5.75 Å². The normalized spacial score (nSPS) is 12.2. The predicted molar refractivity (Wildman–Crippen MR) is 80.1 cm³/mol. The quantitative estimate of drug-likeness (QED) is 0.919. The van der Waals surface area contributed by atoms with Crippen LogP contribution in [0.15, 0.2) is 47.2 Å². The summed E-state index contributed by atoms with van der Waals surface area (Å²) in [4.78, 5) is 4.10. The molecule has 19 heavy (non-hydrogen) atoms. The Labute approximate surface area is 121 Å². The van der Waals surface area contributed by atoms with Gasteiger partial charge in [-0.25, -0.2) is 0 Å². The van der Waals surface area contributed by atoms with Crippen LogP contribution < -0.4 is 10.5 Å². The zero-order valence-electron chi connectivity index (χ0n) is 10.8. The third-order valence-corrected chi connectivity index (χ3v) is 3.08. The van der Waals surface area contributed by atoms with Gasteiger partial charge < -0.3 is 10.5 Å². The maximum Gasteiger partial charge on any atom is 0.119 e. The van der Waals surface area contributed by atoms with Crippen molar-refractivity contribution in [2.24, 2.45) is 5.73 Å². The van der Waals surface area contributed by atoms with Crippen molar-refractivity contribution < 1.29 is 4.74 Å². The van der Waals surface area contributed by atoms with Gasteiger partial charge in [-0.1, -0.05) is 12.1 Å². The molecule has 0 fully saturated rings. The summed E-state index contributed by atoms with van der Waals surface area (Å²) in [5.41, 5.74) is 8.03. The van der Waals surface area contributed by atoms with Gasteiger partial charge in [0.25, 0.3) is 0 Å². The molecule has 0 saturated heterocycles. The Morgan fingerprint density at radius 2 is 1.95 bits per heavy atom. The van der Waals surface area contributed by atoms with E-state index in [1.165, 1.54) is 5.56 Å². The number of nitrogens with two attached hydrogens (primary N) is 1. The second-order valence-electron chi connectivity index (χ2n) is 4.63. The molecule has 2 N–H and O–H groups in total. The number of halogens is 1. The summed E-state index contributed by atoms with van der Waals surface area (Å²) in [6.45, 7) is 2.52. The average molecular weight is 321 g/mol. The first kappa shape index (κ1) is 14.0. The van der Waals surface area contributed by atoms with Gasteiger partial charge in [-0.15, -0.1) is 0 Å². The van der Waals surface area contributed by atoms with Crippen molar-refractivity contribution in [3.05, 3.63) is 58.3 Å². The van der Waals surface area contributed by atoms with Gasteiger partial charge in [0.05, 0.1) is 0 Å². The highest BCUT2D eigenvalue weighted by Crippen LogP contribution is 2.16. The number of aromatic nitrogens is 1. The number of benzene rings is 1. The molecule has 0 aliphatic heterocycles. The van der Waals surface area contributed by atoms with E-state index >= 15 is 0 Å². The maximum atomic E-state index is 5.77. The largest absolute Gasteiger partial charge is 0.489 e. The Bertz CT molecular complexity index is 526. The van der Waals surface area contributed by atoms with E-state index in [4.69, 9.17) is 10.5 Å². The lowest BCUT2D eigenvalue weighted by Crippen LogP contribution is -2.17. The van der Waals surface area contributed by atoms with Gasteiger partial charge in [0, 0.05) is 28.5 Å². The third kappa shape index (κ3) is 4.65. The van der Waals surface area contributed by atoms with E-state index in [2.05, 4.69) is 33.0 Å². The molecule has 2 aromatic rings. The zero-order chi connectivity index (χ0) is 13.7. The van der Waals surface area contributed by atoms with E-state index < -0.39 is 0 Å². The maximum absolute atomic E-state index is 5.77. The molecule has 2 rings (SSSR count). The minimum Gasteiger partial charge on any atom is -0.489 e. The molecule has 0 amide bonds. The van der Waals surface area contributed by atoms with Crippen LogP contribution in [-0.4, -0.2) is 11.0 Å². The summed E-state index contributed by atoms with van der Waals surface area (Å²) >= 11 is 3.39. The Balaban J connectivity index is 1.93. The van der Waals surface area contributed by atoms with E-state index in [-0.39, 0.29) is 6.04 Å². The molecule has 0 radical (unpaired) electrons. The summed E-state index contributed by atoms with van der Waals surface area (Å²) < 4.78 is 6.67. The summed E-state index contributed by atoms with van der Waals surface area (Å²) in [7, 11) is 0. The van der Waals surface area contributed by atoms with Crippen molar-refractivity contribution in [1.29, 1.82) is 0 Å². The van der Waals surface area contributed by atoms with Gasteiger partial charge in [0.1, 0.15) is 12.4 Å². The number of ether oxygens (including phenoxy) is 1. The highest BCUT2D eigenvalue weighted by Gasteiger charge is 2.00. The smallest absolute Gasteiger partial charge is 0.119 e. The molecule has 1 aromatic heterocycles. The zero-order valence-corrected chi connectivity index (χ0v) is 12.4. The van der Waals surface area contributed by atoms with E-state index in [1.54, 1.807) is 12.4 Å². The Morgan fingerprint density at radius 3 is 2.58 bits per heavy atom. The van der Waals surface area contributed by atoms with Gasteiger partial charge in [0.15, 0.2) is 0 Å². The van der Waals surface area contributed by atoms with Gasteiger partial charge in [-0.3, -0.25) is 4.98 Å². The fourth-order valence-corrected chi connectivity index (χ4v) is 2.21. The molecule has 0 saturated carbocycles. The van der Waals surface area contributed by atoms with Crippen molar-refractivity contribution in [1.82, 2.24) is 4.98 Å². The Kier molecular flexibility index (Phi) is 4.93. The molecule has 1 atom stereocenters. The molecular weight excluding hydrogens is 304 g/mol. The second kappa shape index (κ2) is 6.68. The van der Waals surface area contributed by atoms with Crippen LogP contribution >= 0.6 is 15.9 Å². The summed E-state index contributed by atoms with van der Waals surface area (Å²) in [6.07, 6.45) is 4.44. The average Bonchev–Trinajstić information content (AvgIpc) is 2.37. The van der Waals surface area contributed by atoms with E-state index in [0.29, 0.717) is 6.61 Å². The number of hydrogen-bond acceptors (Lipinski definition) is 3. The molecular formula is C15H17BrN2O. The minimum atomic E-state index is 0.180. The molecule has 100 valence electrons. The highest BCUT2D eigenvalue weighted by molar-refractivity contribution is 9.10. The first-order valence-electron chi connectivity index (χ1n) is 6.20. The molecule has 0 aliphatic rings. The van der Waals surface area contributed by atoms with Crippen LogP contribution in [0, 0.1) is 0 Å². The molecule has 1 unspecified atom stereocenters. The Hall–Kier alpha value is -1.39. The van der Waals surface area contributed by atoms with Crippen LogP contribution in [0.25, 0.3) is 0 Å². The van der Waals surface area contributed by atoms with Crippen LogP contribution in [0.4, 0.5) is 0 Å². The lowest BCUT2D eigenvalue weighted by atomic mass is 10.1. The first-order chi connectivity index (χ1) is 9.13. The standard InChI is InChI=1S/C15H17BrN2O/c1-11(17)6-12-2-4-15(5-3-12)19-10-13-7-14(16)9-18-8-13/h2-5,7-9,11H,6,10,17H2,1H3. The van der Waals surface area contributed by atoms with Crippen LogP contribution in [0.3, 0.4) is 0 Å². The SMILES string of the molecule is CC(N)Cc1ccc(OCc2cncc(Br)c2)cc1. The monoisotopic (exact) mass is 320 g/mol. The van der Waals surface area contributed by atoms with Crippen LogP contribution in [0.5, 0.6) is 5.75 Å². The number of rotatable bonds is 5. The summed E-state index contributed by atoms with van der Waals surface area (Å²) in [5, 5.41) is 0. The molecule has 0 aliphatic carbocycles. The third-order valence-electron chi connectivity index (χ3n) is 2.65. The van der Waals surface area contributed by atoms with Gasteiger partial charge in [0.2, 0.25) is 0 Å². The lowest BCUT2D eigenvalue weighted by Gasteiger charge is -2.08. The van der Waals surface area contributed by atoms with E-state index in [1.807, 2.05) is 25.1 Å². The minimum absolute atomic E-state index is 0.180. The lowest BCUT2D eigenvalue weighted by molar-refractivity contribution is 0.305. The molecule has 0 bridgehead atoms. The second-order valence-corrected chi connectivity index (χ2v) is 5.54. The van der Waals surface area contributed by atoms with Crippen LogP contribution in [-0.2, 0) is 13.0 Å². The van der Waals surface area contributed by atoms with Crippen molar-refractivity contribution in [2.75, 3.05) is 0 Å². The van der Waals surface area contributed by atoms with Gasteiger partial charge >= 0.3 is 0 Å². The van der Waals surface area contributed by atoms with Crippen molar-refractivity contribution >= 4 is 15.9 Å². The molecule has 1 heterocycles. The van der Waals surface area contributed by atoms with Gasteiger partial charge in [-0.05, 0) is 53.0 Å². The van der Waals surface area contributed by atoms with E-state index in [0.717, 1.165) is 22.2 Å². The number of nitrogens with zero attached hydrogens (tertiary/aromatic N) is 1. The first-order valence-corrected chi connectivity index (χ1v) is 6.99. The van der Waals surface area contributed by atoms with Crippen molar-refractivity contribution in [2.45, 2.75) is 26.0 Å². The summed E-state index contributed by atoms with van der Waals surface area (Å²) in [5.74, 6) is 0.855. The molecule has 3 nitrogen and oxygen atoms in total. The summed E-state index contributed by atoms with van der Waals surface area (Å²) in [6, 6.07) is 10.2. The molecule has 1 aromatic carbocycles.